The lowest BCUT2D eigenvalue weighted by molar-refractivity contribution is -0.123. The molecule has 0 radical (unpaired) electrons. The summed E-state index contributed by atoms with van der Waals surface area (Å²) < 4.78 is 30.5. The van der Waals surface area contributed by atoms with E-state index in [0.29, 0.717) is 6.07 Å². The zero-order chi connectivity index (χ0) is 12.8. The van der Waals surface area contributed by atoms with Crippen LogP contribution in [0.1, 0.15) is 6.92 Å². The van der Waals surface area contributed by atoms with E-state index < -0.39 is 30.3 Å². The number of hydrogen-bond donors (Lipinski definition) is 2. The van der Waals surface area contributed by atoms with Gasteiger partial charge in [0.05, 0.1) is 6.10 Å². The van der Waals surface area contributed by atoms with Crippen LogP contribution in [0, 0.1) is 11.6 Å². The Bertz CT molecular complexity index is 396. The van der Waals surface area contributed by atoms with E-state index in [-0.39, 0.29) is 12.3 Å². The van der Waals surface area contributed by atoms with E-state index in [9.17, 15) is 13.6 Å². The average molecular weight is 245 g/mol. The van der Waals surface area contributed by atoms with Crippen LogP contribution in [-0.4, -0.2) is 30.3 Å². The molecule has 0 aliphatic rings. The molecule has 0 saturated carbocycles. The highest BCUT2D eigenvalue weighted by atomic mass is 19.1. The lowest BCUT2D eigenvalue weighted by atomic mass is 10.3. The Balaban J connectivity index is 2.42. The first-order valence-corrected chi connectivity index (χ1v) is 5.01. The minimum absolute atomic E-state index is 0.0914. The molecule has 0 aliphatic carbocycles. The van der Waals surface area contributed by atoms with Crippen molar-refractivity contribution < 1.29 is 23.4 Å². The van der Waals surface area contributed by atoms with Crippen molar-refractivity contribution in [3.8, 4) is 5.75 Å². The molecule has 0 bridgehead atoms. The Morgan fingerprint density at radius 3 is 2.82 bits per heavy atom. The van der Waals surface area contributed by atoms with Crippen molar-refractivity contribution in [2.75, 3.05) is 13.2 Å². The number of carbonyl (C=O) groups is 1. The van der Waals surface area contributed by atoms with Crippen LogP contribution in [-0.2, 0) is 4.79 Å². The SMILES string of the molecule is C[C@H](O)CNC(=O)COc1ccc(F)cc1F. The molecule has 1 rings (SSSR count). The highest BCUT2D eigenvalue weighted by Crippen LogP contribution is 2.17. The smallest absolute Gasteiger partial charge is 0.258 e. The van der Waals surface area contributed by atoms with Gasteiger partial charge in [0.1, 0.15) is 5.82 Å². The van der Waals surface area contributed by atoms with Crippen molar-refractivity contribution in [2.24, 2.45) is 0 Å². The average Bonchev–Trinajstić information content (AvgIpc) is 2.25. The zero-order valence-corrected chi connectivity index (χ0v) is 9.24. The van der Waals surface area contributed by atoms with E-state index in [1.54, 1.807) is 0 Å². The van der Waals surface area contributed by atoms with Crippen molar-refractivity contribution in [3.63, 3.8) is 0 Å². The monoisotopic (exact) mass is 245 g/mol. The fourth-order valence-electron chi connectivity index (χ4n) is 1.05. The topological polar surface area (TPSA) is 58.6 Å². The molecule has 17 heavy (non-hydrogen) atoms. The third-order valence-electron chi connectivity index (χ3n) is 1.85. The van der Waals surface area contributed by atoms with E-state index in [2.05, 4.69) is 5.32 Å². The molecule has 2 N–H and O–H groups in total. The molecule has 0 fully saturated rings. The molecule has 1 aromatic carbocycles. The lowest BCUT2D eigenvalue weighted by Gasteiger charge is -2.09. The predicted octanol–water partition coefficient (Wildman–Crippen LogP) is 0.841. The summed E-state index contributed by atoms with van der Waals surface area (Å²) in [6.45, 7) is 1.21. The Hall–Kier alpha value is -1.69. The highest BCUT2D eigenvalue weighted by Gasteiger charge is 2.08. The van der Waals surface area contributed by atoms with Crippen LogP contribution in [0.25, 0.3) is 0 Å². The minimum atomic E-state index is -0.867. The molecule has 1 amide bonds. The van der Waals surface area contributed by atoms with Gasteiger partial charge in [0, 0.05) is 12.6 Å². The van der Waals surface area contributed by atoms with Crippen LogP contribution in [0.4, 0.5) is 8.78 Å². The van der Waals surface area contributed by atoms with Crippen molar-refractivity contribution in [1.82, 2.24) is 5.32 Å². The number of aliphatic hydroxyl groups excluding tert-OH is 1. The number of halogens is 2. The van der Waals surface area contributed by atoms with Gasteiger partial charge in [-0.2, -0.15) is 0 Å². The molecule has 0 heterocycles. The van der Waals surface area contributed by atoms with Crippen LogP contribution < -0.4 is 10.1 Å². The van der Waals surface area contributed by atoms with E-state index in [1.807, 2.05) is 0 Å². The summed E-state index contributed by atoms with van der Waals surface area (Å²) in [6, 6.07) is 2.81. The first-order chi connectivity index (χ1) is 7.99. The molecule has 94 valence electrons. The minimum Gasteiger partial charge on any atom is -0.481 e. The van der Waals surface area contributed by atoms with E-state index in [0.717, 1.165) is 12.1 Å². The molecular weight excluding hydrogens is 232 g/mol. The molecule has 4 nitrogen and oxygen atoms in total. The van der Waals surface area contributed by atoms with Crippen LogP contribution in [0.5, 0.6) is 5.75 Å². The molecule has 0 spiro atoms. The molecule has 6 heteroatoms. The number of amides is 1. The Labute approximate surface area is 97.2 Å². The molecule has 0 aromatic heterocycles. The van der Waals surface area contributed by atoms with Gasteiger partial charge < -0.3 is 15.2 Å². The maximum absolute atomic E-state index is 13.1. The number of carbonyl (C=O) groups excluding carboxylic acids is 1. The summed E-state index contributed by atoms with van der Waals surface area (Å²) in [5.41, 5.74) is 0. The van der Waals surface area contributed by atoms with Gasteiger partial charge in [-0.15, -0.1) is 0 Å². The Morgan fingerprint density at radius 2 is 2.24 bits per heavy atom. The first-order valence-electron chi connectivity index (χ1n) is 5.01. The van der Waals surface area contributed by atoms with Crippen LogP contribution >= 0.6 is 0 Å². The van der Waals surface area contributed by atoms with Crippen LogP contribution in [0.2, 0.25) is 0 Å². The van der Waals surface area contributed by atoms with Gasteiger partial charge in [0.15, 0.2) is 18.2 Å². The molecule has 0 saturated heterocycles. The lowest BCUT2D eigenvalue weighted by Crippen LogP contribution is -2.34. The Kier molecular flexibility index (Phi) is 4.84. The predicted molar refractivity (Wildman–Crippen MR) is 56.5 cm³/mol. The van der Waals surface area contributed by atoms with Gasteiger partial charge in [0.25, 0.3) is 5.91 Å². The zero-order valence-electron chi connectivity index (χ0n) is 9.24. The van der Waals surface area contributed by atoms with Gasteiger partial charge in [-0.3, -0.25) is 4.79 Å². The van der Waals surface area contributed by atoms with Gasteiger partial charge in [-0.05, 0) is 19.1 Å². The maximum atomic E-state index is 13.1. The number of nitrogens with one attached hydrogen (secondary N) is 1. The summed E-state index contributed by atoms with van der Waals surface area (Å²) in [5, 5.41) is 11.3. The summed E-state index contributed by atoms with van der Waals surface area (Å²) in [7, 11) is 0. The van der Waals surface area contributed by atoms with Crippen molar-refractivity contribution in [2.45, 2.75) is 13.0 Å². The number of aliphatic hydroxyl groups is 1. The molecular formula is C11H13F2NO3. The first kappa shape index (κ1) is 13.4. The van der Waals surface area contributed by atoms with Crippen molar-refractivity contribution in [1.29, 1.82) is 0 Å². The quantitative estimate of drug-likeness (QED) is 0.808. The number of benzene rings is 1. The fraction of sp³-hybridized carbons (Fsp3) is 0.364. The van der Waals surface area contributed by atoms with Crippen molar-refractivity contribution >= 4 is 5.91 Å². The number of rotatable bonds is 5. The van der Waals surface area contributed by atoms with E-state index in [4.69, 9.17) is 9.84 Å². The summed E-state index contributed by atoms with van der Waals surface area (Å²) >= 11 is 0. The van der Waals surface area contributed by atoms with Gasteiger partial charge >= 0.3 is 0 Å². The summed E-state index contributed by atoms with van der Waals surface area (Å²) in [4.78, 5) is 11.2. The fourth-order valence-corrected chi connectivity index (χ4v) is 1.05. The van der Waals surface area contributed by atoms with Crippen LogP contribution in [0.15, 0.2) is 18.2 Å². The van der Waals surface area contributed by atoms with Gasteiger partial charge in [-0.25, -0.2) is 8.78 Å². The second kappa shape index (κ2) is 6.15. The number of ether oxygens (including phenoxy) is 1. The van der Waals surface area contributed by atoms with Gasteiger partial charge in [0.2, 0.25) is 0 Å². The third kappa shape index (κ3) is 4.78. The largest absolute Gasteiger partial charge is 0.481 e. The van der Waals surface area contributed by atoms with E-state index in [1.165, 1.54) is 6.92 Å². The van der Waals surface area contributed by atoms with Crippen LogP contribution in [0.3, 0.4) is 0 Å². The summed E-state index contributed by atoms with van der Waals surface area (Å²) in [5.74, 6) is -2.27. The summed E-state index contributed by atoms with van der Waals surface area (Å²) in [6.07, 6.45) is -0.665. The van der Waals surface area contributed by atoms with Crippen molar-refractivity contribution in [3.05, 3.63) is 29.8 Å². The Morgan fingerprint density at radius 1 is 1.53 bits per heavy atom. The third-order valence-corrected chi connectivity index (χ3v) is 1.85. The second-order valence-corrected chi connectivity index (χ2v) is 3.52. The van der Waals surface area contributed by atoms with E-state index >= 15 is 0 Å². The molecule has 0 unspecified atom stereocenters. The second-order valence-electron chi connectivity index (χ2n) is 3.52. The maximum Gasteiger partial charge on any atom is 0.258 e. The number of hydrogen-bond acceptors (Lipinski definition) is 3. The van der Waals surface area contributed by atoms with Gasteiger partial charge in [-0.1, -0.05) is 0 Å². The highest BCUT2D eigenvalue weighted by molar-refractivity contribution is 5.77. The molecule has 1 atom stereocenters. The normalized spacial score (nSPS) is 12.0. The molecule has 1 aromatic rings. The standard InChI is InChI=1S/C11H13F2NO3/c1-7(15)5-14-11(16)6-17-10-3-2-8(12)4-9(10)13/h2-4,7,15H,5-6H2,1H3,(H,14,16)/t7-/m0/s1. The molecule has 0 aliphatic heterocycles.